The van der Waals surface area contributed by atoms with E-state index in [-0.39, 0.29) is 10.8 Å². The Morgan fingerprint density at radius 1 is 1.19 bits per heavy atom. The van der Waals surface area contributed by atoms with E-state index in [1.165, 1.54) is 7.11 Å². The lowest BCUT2D eigenvalue weighted by Crippen LogP contribution is -2.13. The molecule has 0 saturated heterocycles. The van der Waals surface area contributed by atoms with Gasteiger partial charge in [-0.25, -0.2) is 4.98 Å². The largest absolute Gasteiger partial charge is 0.495 e. The van der Waals surface area contributed by atoms with Crippen molar-refractivity contribution in [2.24, 2.45) is 0 Å². The number of anilines is 2. The van der Waals surface area contributed by atoms with Crippen LogP contribution in [0.25, 0.3) is 0 Å². The Labute approximate surface area is 123 Å². The number of hydrogen-bond donors (Lipinski definition) is 2. The molecular weight excluding hydrogens is 307 g/mol. The summed E-state index contributed by atoms with van der Waals surface area (Å²) in [6.07, 6.45) is -3.77. The summed E-state index contributed by atoms with van der Waals surface area (Å²) in [4.78, 5) is 3.65. The van der Waals surface area contributed by atoms with Crippen molar-refractivity contribution in [2.75, 3.05) is 18.0 Å². The molecule has 0 aliphatic rings. The highest BCUT2D eigenvalue weighted by Crippen LogP contribution is 2.32. The van der Waals surface area contributed by atoms with Gasteiger partial charge in [0, 0.05) is 6.20 Å². The molecular formula is C13H11ClF3N3O. The van der Waals surface area contributed by atoms with Gasteiger partial charge in [-0.05, 0) is 18.2 Å². The van der Waals surface area contributed by atoms with Gasteiger partial charge in [-0.15, -0.1) is 0 Å². The molecule has 112 valence electrons. The Bertz CT molecular complexity index is 634. The second kappa shape index (κ2) is 6.09. The molecule has 8 heteroatoms. The highest BCUT2D eigenvalue weighted by Gasteiger charge is 2.31. The number of rotatable bonds is 4. The third-order valence-corrected chi connectivity index (χ3v) is 2.88. The topological polar surface area (TPSA) is 46.2 Å². The van der Waals surface area contributed by atoms with E-state index < -0.39 is 11.7 Å². The number of ether oxygens (including phenoxy) is 1. The van der Waals surface area contributed by atoms with E-state index in [1.54, 1.807) is 24.3 Å². The van der Waals surface area contributed by atoms with E-state index in [0.29, 0.717) is 17.6 Å². The summed E-state index contributed by atoms with van der Waals surface area (Å²) in [5.41, 5.74) is 5.11. The lowest BCUT2D eigenvalue weighted by Gasteiger charge is -2.14. The molecule has 0 radical (unpaired) electrons. The molecule has 21 heavy (non-hydrogen) atoms. The smallest absolute Gasteiger partial charge is 0.417 e. The number of hydrazine groups is 1. The molecule has 1 heterocycles. The van der Waals surface area contributed by atoms with Crippen molar-refractivity contribution in [1.29, 1.82) is 0 Å². The summed E-state index contributed by atoms with van der Waals surface area (Å²) in [6.45, 7) is 0. The molecule has 0 saturated carbocycles. The van der Waals surface area contributed by atoms with Crippen molar-refractivity contribution in [2.45, 2.75) is 6.18 Å². The first kappa shape index (κ1) is 15.2. The van der Waals surface area contributed by atoms with Crippen molar-refractivity contribution in [3.63, 3.8) is 0 Å². The molecule has 0 atom stereocenters. The summed E-state index contributed by atoms with van der Waals surface area (Å²) in [6, 6.07) is 7.82. The summed E-state index contributed by atoms with van der Waals surface area (Å²) < 4.78 is 42.6. The molecule has 0 fully saturated rings. The van der Waals surface area contributed by atoms with Gasteiger partial charge in [-0.1, -0.05) is 23.7 Å². The van der Waals surface area contributed by atoms with Gasteiger partial charge in [0.05, 0.1) is 23.4 Å². The molecule has 0 unspecified atom stereocenters. The van der Waals surface area contributed by atoms with Gasteiger partial charge >= 0.3 is 6.18 Å². The zero-order valence-electron chi connectivity index (χ0n) is 10.8. The third kappa shape index (κ3) is 3.69. The summed E-state index contributed by atoms with van der Waals surface area (Å²) in [5.74, 6) is 0.642. The van der Waals surface area contributed by atoms with Crippen LogP contribution in [0, 0.1) is 0 Å². The quantitative estimate of drug-likeness (QED) is 0.830. The van der Waals surface area contributed by atoms with Crippen molar-refractivity contribution >= 4 is 23.1 Å². The first-order valence-electron chi connectivity index (χ1n) is 5.79. The van der Waals surface area contributed by atoms with Crippen molar-refractivity contribution in [1.82, 2.24) is 4.98 Å². The van der Waals surface area contributed by atoms with Crippen LogP contribution < -0.4 is 15.6 Å². The first-order chi connectivity index (χ1) is 9.91. The van der Waals surface area contributed by atoms with E-state index in [2.05, 4.69) is 15.8 Å². The molecule has 1 aromatic carbocycles. The molecule has 1 aromatic heterocycles. The van der Waals surface area contributed by atoms with Crippen LogP contribution in [0.1, 0.15) is 5.56 Å². The Morgan fingerprint density at radius 3 is 2.52 bits per heavy atom. The number of methoxy groups -OCH3 is 1. The van der Waals surface area contributed by atoms with Crippen molar-refractivity contribution in [3.8, 4) is 5.75 Å². The molecule has 0 aliphatic carbocycles. The highest BCUT2D eigenvalue weighted by molar-refractivity contribution is 6.33. The van der Waals surface area contributed by atoms with Gasteiger partial charge in [0.2, 0.25) is 0 Å². The number of pyridine rings is 1. The maximum Gasteiger partial charge on any atom is 0.417 e. The number of nitrogens with zero attached hydrogens (tertiary/aromatic N) is 1. The number of nitrogens with one attached hydrogen (secondary N) is 2. The second-order valence-electron chi connectivity index (χ2n) is 4.00. The molecule has 0 spiro atoms. The minimum absolute atomic E-state index is 0.0792. The second-order valence-corrected chi connectivity index (χ2v) is 4.41. The third-order valence-electron chi connectivity index (χ3n) is 2.59. The van der Waals surface area contributed by atoms with Crippen LogP contribution in [0.5, 0.6) is 5.75 Å². The maximum absolute atomic E-state index is 12.5. The summed E-state index contributed by atoms with van der Waals surface area (Å²) in [5, 5.41) is -0.146. The number of hydrogen-bond acceptors (Lipinski definition) is 4. The highest BCUT2D eigenvalue weighted by atomic mass is 35.5. The van der Waals surface area contributed by atoms with Gasteiger partial charge < -0.3 is 4.74 Å². The molecule has 2 aromatic rings. The normalized spacial score (nSPS) is 11.1. The minimum atomic E-state index is -4.48. The van der Waals surface area contributed by atoms with Gasteiger partial charge in [0.1, 0.15) is 5.75 Å². The van der Waals surface area contributed by atoms with Crippen LogP contribution in [0.4, 0.5) is 24.7 Å². The van der Waals surface area contributed by atoms with Crippen LogP contribution in [-0.4, -0.2) is 12.1 Å². The minimum Gasteiger partial charge on any atom is -0.495 e. The molecule has 4 nitrogen and oxygen atoms in total. The average Bonchev–Trinajstić information content (AvgIpc) is 2.45. The van der Waals surface area contributed by atoms with E-state index in [1.807, 2.05) is 0 Å². The molecule has 0 amide bonds. The van der Waals surface area contributed by atoms with Crippen LogP contribution in [0.2, 0.25) is 5.02 Å². The monoisotopic (exact) mass is 317 g/mol. The molecule has 2 rings (SSSR count). The van der Waals surface area contributed by atoms with Gasteiger partial charge in [0.15, 0.2) is 5.82 Å². The van der Waals surface area contributed by atoms with Crippen LogP contribution in [-0.2, 0) is 6.18 Å². The number of benzene rings is 1. The Kier molecular flexibility index (Phi) is 4.42. The molecule has 0 aliphatic heterocycles. The molecule has 0 bridgehead atoms. The van der Waals surface area contributed by atoms with E-state index in [9.17, 15) is 13.2 Å². The molecule has 2 N–H and O–H groups in total. The van der Waals surface area contributed by atoms with Gasteiger partial charge in [-0.2, -0.15) is 13.2 Å². The fourth-order valence-corrected chi connectivity index (χ4v) is 1.77. The van der Waals surface area contributed by atoms with Crippen molar-refractivity contribution in [3.05, 3.63) is 47.1 Å². The number of alkyl halides is 3. The Hall–Kier alpha value is -2.15. The zero-order valence-corrected chi connectivity index (χ0v) is 11.6. The predicted molar refractivity (Wildman–Crippen MR) is 74.5 cm³/mol. The van der Waals surface area contributed by atoms with Crippen LogP contribution in [0.3, 0.4) is 0 Å². The van der Waals surface area contributed by atoms with Crippen molar-refractivity contribution < 1.29 is 17.9 Å². The Morgan fingerprint density at radius 2 is 1.90 bits per heavy atom. The predicted octanol–water partition coefficient (Wildman–Crippen LogP) is 4.20. The van der Waals surface area contributed by atoms with Gasteiger partial charge in [0.25, 0.3) is 0 Å². The standard InChI is InChI=1S/C13H11ClF3N3O/c1-21-11-5-3-2-4-10(11)19-20-12-9(14)6-8(7-18-12)13(15,16)17/h2-7,19H,1H3,(H,18,20). The maximum atomic E-state index is 12.5. The number of halogens is 4. The zero-order chi connectivity index (χ0) is 15.5. The summed E-state index contributed by atoms with van der Waals surface area (Å²) >= 11 is 5.78. The summed E-state index contributed by atoms with van der Waals surface area (Å²) in [7, 11) is 1.50. The van der Waals surface area contributed by atoms with Gasteiger partial charge in [-0.3, -0.25) is 10.9 Å². The number of aromatic nitrogens is 1. The van der Waals surface area contributed by atoms with Crippen LogP contribution in [0.15, 0.2) is 36.5 Å². The SMILES string of the molecule is COc1ccccc1NNc1ncc(C(F)(F)F)cc1Cl. The van der Waals surface area contributed by atoms with Crippen LogP contribution >= 0.6 is 11.6 Å². The fraction of sp³-hybridized carbons (Fsp3) is 0.154. The van der Waals surface area contributed by atoms with E-state index in [4.69, 9.17) is 16.3 Å². The average molecular weight is 318 g/mol. The number of para-hydroxylation sites is 2. The first-order valence-corrected chi connectivity index (χ1v) is 6.17. The fourth-order valence-electron chi connectivity index (χ4n) is 1.56. The Balaban J connectivity index is 2.14. The lowest BCUT2D eigenvalue weighted by atomic mass is 10.3. The van der Waals surface area contributed by atoms with E-state index in [0.717, 1.165) is 6.07 Å². The van der Waals surface area contributed by atoms with E-state index >= 15 is 0 Å². The lowest BCUT2D eigenvalue weighted by molar-refractivity contribution is -0.137.